The predicted octanol–water partition coefficient (Wildman–Crippen LogP) is 2.81. The van der Waals surface area contributed by atoms with Gasteiger partial charge in [-0.25, -0.2) is 14.6 Å². The van der Waals surface area contributed by atoms with Gasteiger partial charge < -0.3 is 20.4 Å². The molecule has 2 aromatic heterocycles. The van der Waals surface area contributed by atoms with Gasteiger partial charge in [0.2, 0.25) is 11.8 Å². The number of nitrogens with one attached hydrogen (secondary N) is 1. The molecule has 8 nitrogen and oxygen atoms in total. The lowest BCUT2D eigenvalue weighted by molar-refractivity contribution is -0.131. The molecule has 0 radical (unpaired) electrons. The lowest BCUT2D eigenvalue weighted by atomic mass is 10.0. The second-order valence-electron chi connectivity index (χ2n) is 7.10. The molecule has 1 saturated heterocycles. The highest BCUT2D eigenvalue weighted by atomic mass is 19.1. The van der Waals surface area contributed by atoms with E-state index in [-0.39, 0.29) is 12.5 Å². The molecule has 2 unspecified atom stereocenters. The molecule has 3 aromatic rings. The first-order chi connectivity index (χ1) is 15.0. The number of alkyl halides is 1. The zero-order valence-electron chi connectivity index (χ0n) is 16.7. The number of rotatable bonds is 5. The third-order valence-corrected chi connectivity index (χ3v) is 5.03. The maximum atomic E-state index is 13.4. The Balaban J connectivity index is 0.00000132. The molecule has 3 N–H and O–H groups in total. The van der Waals surface area contributed by atoms with Crippen LogP contribution in [0.3, 0.4) is 0 Å². The number of likely N-dealkylation sites (tertiary alicyclic amines) is 1. The Bertz CT molecular complexity index is 1120. The van der Waals surface area contributed by atoms with Crippen LogP contribution in [0.1, 0.15) is 17.5 Å². The molecule has 9 heteroatoms. The van der Waals surface area contributed by atoms with Crippen LogP contribution in [0.5, 0.6) is 11.6 Å². The van der Waals surface area contributed by atoms with Gasteiger partial charge in [-0.15, -0.1) is 0 Å². The van der Waals surface area contributed by atoms with Gasteiger partial charge in [0.25, 0.3) is 0 Å². The number of H-pyrrole nitrogens is 1. The number of nitriles is 2. The number of carbonyl (C=O) groups is 1. The zero-order valence-corrected chi connectivity index (χ0v) is 16.7. The summed E-state index contributed by atoms with van der Waals surface area (Å²) < 4.78 is 19.1. The van der Waals surface area contributed by atoms with Gasteiger partial charge >= 0.3 is 0 Å². The summed E-state index contributed by atoms with van der Waals surface area (Å²) in [5, 5.41) is 16.2. The van der Waals surface area contributed by atoms with E-state index < -0.39 is 12.2 Å². The zero-order chi connectivity index (χ0) is 22.4. The molecular formula is C22H21FN6O2. The number of halogens is 1. The van der Waals surface area contributed by atoms with E-state index in [1.165, 1.54) is 11.1 Å². The Kier molecular flexibility index (Phi) is 6.81. The number of hydrogen-bond donors (Lipinski definition) is 2. The van der Waals surface area contributed by atoms with E-state index in [0.29, 0.717) is 36.6 Å². The number of ether oxygens (including phenoxy) is 1. The monoisotopic (exact) mass is 420 g/mol. The van der Waals surface area contributed by atoms with Gasteiger partial charge in [-0.05, 0) is 42.7 Å². The van der Waals surface area contributed by atoms with Crippen molar-refractivity contribution >= 4 is 16.8 Å². The van der Waals surface area contributed by atoms with E-state index in [4.69, 9.17) is 21.0 Å². The van der Waals surface area contributed by atoms with Gasteiger partial charge in [-0.2, -0.15) is 5.26 Å². The SMILES string of the molecule is C#N.N#Cc1ccc(Oc2ccc3[nH]cc(CC(N)C(=O)N4CCC(F)C4)c3c2)nc1. The average molecular weight is 420 g/mol. The van der Waals surface area contributed by atoms with Gasteiger partial charge in [-0.1, -0.05) is 0 Å². The summed E-state index contributed by atoms with van der Waals surface area (Å²) in [6, 6.07) is 10.1. The summed E-state index contributed by atoms with van der Waals surface area (Å²) in [5.41, 5.74) is 8.35. The molecule has 1 amide bonds. The Morgan fingerprint density at radius 2 is 2.23 bits per heavy atom. The third kappa shape index (κ3) is 4.97. The number of amides is 1. The van der Waals surface area contributed by atoms with Crippen LogP contribution in [0.15, 0.2) is 42.7 Å². The van der Waals surface area contributed by atoms with E-state index in [1.54, 1.807) is 18.2 Å². The van der Waals surface area contributed by atoms with Crippen LogP contribution in [0.2, 0.25) is 0 Å². The lowest BCUT2D eigenvalue weighted by Crippen LogP contribution is -2.44. The van der Waals surface area contributed by atoms with Crippen LogP contribution in [-0.2, 0) is 11.2 Å². The fraction of sp³-hybridized carbons (Fsp3) is 0.273. The molecule has 1 aliphatic heterocycles. The molecule has 1 aliphatic rings. The van der Waals surface area contributed by atoms with Gasteiger partial charge in [0.1, 0.15) is 18.0 Å². The third-order valence-electron chi connectivity index (χ3n) is 5.03. The predicted molar refractivity (Wildman–Crippen MR) is 112 cm³/mol. The van der Waals surface area contributed by atoms with Gasteiger partial charge in [-0.3, -0.25) is 4.79 Å². The van der Waals surface area contributed by atoms with Crippen molar-refractivity contribution in [2.45, 2.75) is 25.1 Å². The van der Waals surface area contributed by atoms with Gasteiger partial charge in [0, 0.05) is 42.5 Å². The number of aromatic nitrogens is 2. The van der Waals surface area contributed by atoms with Crippen LogP contribution in [0.4, 0.5) is 4.39 Å². The number of fused-ring (bicyclic) bond motifs is 1. The number of pyridine rings is 1. The normalized spacial score (nSPS) is 16.2. The topological polar surface area (TPSA) is 132 Å². The van der Waals surface area contributed by atoms with Crippen LogP contribution in [0.25, 0.3) is 10.9 Å². The summed E-state index contributed by atoms with van der Waals surface area (Å²) in [4.78, 5) is 21.2. The molecule has 1 fully saturated rings. The van der Waals surface area contributed by atoms with Crippen LogP contribution < -0.4 is 10.5 Å². The van der Waals surface area contributed by atoms with Crippen molar-refractivity contribution in [3.8, 4) is 24.3 Å². The maximum Gasteiger partial charge on any atom is 0.239 e. The fourth-order valence-electron chi connectivity index (χ4n) is 3.49. The number of benzene rings is 1. The summed E-state index contributed by atoms with van der Waals surface area (Å²) in [6.45, 7) is 4.03. The summed E-state index contributed by atoms with van der Waals surface area (Å²) in [5.74, 6) is 0.728. The first-order valence-corrected chi connectivity index (χ1v) is 9.62. The Labute approximate surface area is 178 Å². The van der Waals surface area contributed by atoms with Crippen molar-refractivity contribution in [3.05, 3.63) is 53.9 Å². The van der Waals surface area contributed by atoms with E-state index >= 15 is 0 Å². The molecule has 158 valence electrons. The van der Waals surface area contributed by atoms with Gasteiger partial charge in [0.15, 0.2) is 0 Å². The quantitative estimate of drug-likeness (QED) is 0.652. The molecule has 31 heavy (non-hydrogen) atoms. The van der Waals surface area contributed by atoms with Crippen LogP contribution >= 0.6 is 0 Å². The number of nitrogens with two attached hydrogens (primary N) is 1. The molecule has 0 bridgehead atoms. The van der Waals surface area contributed by atoms with E-state index in [9.17, 15) is 9.18 Å². The number of nitrogens with zero attached hydrogens (tertiary/aromatic N) is 4. The molecule has 3 heterocycles. The first kappa shape index (κ1) is 21.8. The lowest BCUT2D eigenvalue weighted by Gasteiger charge is -2.20. The van der Waals surface area contributed by atoms with E-state index in [2.05, 4.69) is 16.5 Å². The Morgan fingerprint density at radius 3 is 2.87 bits per heavy atom. The first-order valence-electron chi connectivity index (χ1n) is 9.62. The molecule has 0 aliphatic carbocycles. The second-order valence-corrected chi connectivity index (χ2v) is 7.10. The van der Waals surface area contributed by atoms with Crippen molar-refractivity contribution < 1.29 is 13.9 Å². The van der Waals surface area contributed by atoms with Crippen molar-refractivity contribution in [2.24, 2.45) is 5.73 Å². The number of carbonyl (C=O) groups excluding carboxylic acids is 1. The minimum Gasteiger partial charge on any atom is -0.439 e. The van der Waals surface area contributed by atoms with E-state index in [0.717, 1.165) is 16.5 Å². The Morgan fingerprint density at radius 1 is 1.42 bits per heavy atom. The smallest absolute Gasteiger partial charge is 0.239 e. The molecule has 1 aromatic carbocycles. The highest BCUT2D eigenvalue weighted by molar-refractivity contribution is 5.87. The largest absolute Gasteiger partial charge is 0.439 e. The maximum absolute atomic E-state index is 13.4. The number of aromatic amines is 1. The summed E-state index contributed by atoms with van der Waals surface area (Å²) in [7, 11) is 0. The molecule has 4 rings (SSSR count). The number of hydrogen-bond acceptors (Lipinski definition) is 6. The summed E-state index contributed by atoms with van der Waals surface area (Å²) in [6.07, 6.45) is 3.01. The second kappa shape index (κ2) is 9.70. The molecule has 0 saturated carbocycles. The highest BCUT2D eigenvalue weighted by Crippen LogP contribution is 2.27. The summed E-state index contributed by atoms with van der Waals surface area (Å²) >= 11 is 0. The standard InChI is InChI=1S/C21H20FN5O2.CHN/c22-15-5-6-27(12-15)21(28)18(24)7-14-11-25-19-3-2-16(8-17(14)19)29-20-4-1-13(9-23)10-26-20;1-2/h1-4,8,10-11,15,18,25H,5-7,12,24H2;1H. The molecular weight excluding hydrogens is 399 g/mol. The van der Waals surface area contributed by atoms with E-state index in [1.807, 2.05) is 24.4 Å². The van der Waals surface area contributed by atoms with Crippen LogP contribution in [0, 0.1) is 23.2 Å². The van der Waals surface area contributed by atoms with Crippen molar-refractivity contribution in [2.75, 3.05) is 13.1 Å². The van der Waals surface area contributed by atoms with Crippen LogP contribution in [-0.4, -0.2) is 46.1 Å². The highest BCUT2D eigenvalue weighted by Gasteiger charge is 2.29. The van der Waals surface area contributed by atoms with Gasteiger partial charge in [0.05, 0.1) is 18.2 Å². The molecule has 2 atom stereocenters. The minimum absolute atomic E-state index is 0.121. The van der Waals surface area contributed by atoms with Crippen molar-refractivity contribution in [3.63, 3.8) is 0 Å². The van der Waals surface area contributed by atoms with Crippen molar-refractivity contribution in [1.29, 1.82) is 10.5 Å². The van der Waals surface area contributed by atoms with Crippen molar-refractivity contribution in [1.82, 2.24) is 14.9 Å². The molecule has 0 spiro atoms. The Hall–Kier alpha value is -3.95. The average Bonchev–Trinajstić information content (AvgIpc) is 3.41. The minimum atomic E-state index is -0.963. The fourth-order valence-corrected chi connectivity index (χ4v) is 3.49.